The monoisotopic (exact) mass is 375 g/mol. The lowest BCUT2D eigenvalue weighted by atomic mass is 10.0. The molecule has 0 fully saturated rings. The Morgan fingerprint density at radius 2 is 1.93 bits per heavy atom. The van der Waals surface area contributed by atoms with E-state index in [4.69, 9.17) is 4.74 Å². The van der Waals surface area contributed by atoms with Crippen LogP contribution < -0.4 is 15.4 Å². The maximum absolute atomic E-state index is 11.8. The first kappa shape index (κ1) is 17.8. The van der Waals surface area contributed by atoms with E-state index in [2.05, 4.69) is 26.8 Å². The molecule has 0 saturated carbocycles. The van der Waals surface area contributed by atoms with E-state index in [0.29, 0.717) is 12.4 Å². The maximum Gasteiger partial charge on any atom is 0.250 e. The first-order valence-electron chi connectivity index (χ1n) is 9.12. The van der Waals surface area contributed by atoms with E-state index in [1.165, 1.54) is 0 Å². The number of allylic oxidation sites excluding steroid dienone is 1. The molecule has 3 aromatic rings. The summed E-state index contributed by atoms with van der Waals surface area (Å²) in [6, 6.07) is 17.7. The normalized spacial score (nSPS) is 15.2. The van der Waals surface area contributed by atoms with Gasteiger partial charge in [-0.3, -0.25) is 10.1 Å². The molecule has 4 rings (SSSR count). The topological polar surface area (TPSA) is 81.1 Å². The number of methoxy groups -OCH3 is 1. The van der Waals surface area contributed by atoms with Crippen molar-refractivity contribution in [2.45, 2.75) is 19.4 Å². The van der Waals surface area contributed by atoms with Gasteiger partial charge in [0.05, 0.1) is 7.11 Å². The molecule has 0 aliphatic carbocycles. The number of hydrogen-bond donors (Lipinski definition) is 2. The van der Waals surface area contributed by atoms with Crippen LogP contribution in [0.15, 0.2) is 60.7 Å². The van der Waals surface area contributed by atoms with E-state index < -0.39 is 0 Å². The fourth-order valence-electron chi connectivity index (χ4n) is 3.08. The number of aromatic nitrogens is 3. The first-order valence-corrected chi connectivity index (χ1v) is 9.12. The van der Waals surface area contributed by atoms with E-state index in [0.717, 1.165) is 22.6 Å². The Morgan fingerprint density at radius 3 is 2.61 bits per heavy atom. The predicted octanol–water partition coefficient (Wildman–Crippen LogP) is 3.69. The van der Waals surface area contributed by atoms with Gasteiger partial charge in [0.2, 0.25) is 11.9 Å². The summed E-state index contributed by atoms with van der Waals surface area (Å²) in [4.78, 5) is 16.2. The van der Waals surface area contributed by atoms with E-state index in [1.807, 2.05) is 54.6 Å². The minimum absolute atomic E-state index is 0.125. The van der Waals surface area contributed by atoms with Crippen LogP contribution >= 0.6 is 0 Å². The molecule has 0 saturated heterocycles. The van der Waals surface area contributed by atoms with Gasteiger partial charge in [0.1, 0.15) is 11.8 Å². The summed E-state index contributed by atoms with van der Waals surface area (Å²) in [6.07, 6.45) is 2.47. The number of fused-ring (bicyclic) bond motifs is 1. The molecule has 0 spiro atoms. The molecule has 1 aliphatic heterocycles. The lowest BCUT2D eigenvalue weighted by Gasteiger charge is -2.24. The van der Waals surface area contributed by atoms with Crippen molar-refractivity contribution in [3.63, 3.8) is 0 Å². The number of rotatable bonds is 5. The Labute approximate surface area is 163 Å². The molecular weight excluding hydrogens is 354 g/mol. The lowest BCUT2D eigenvalue weighted by molar-refractivity contribution is -0.115. The molecule has 2 aromatic carbocycles. The number of benzene rings is 2. The number of ether oxygens (including phenoxy) is 1. The fraction of sp³-hybridized carbons (Fsp3) is 0.190. The summed E-state index contributed by atoms with van der Waals surface area (Å²) in [5, 5.41) is 10.6. The standard InChI is InChI=1S/C21H21N5O2/c1-3-19(27)23-20-24-21-22-17(14-7-5-4-6-8-14)13-18(26(21)25-20)15-9-11-16(28-2)12-10-15/h4-13,18H,3H2,1-2H3,(H2,22,23,24,25,27)/t18-/m1/s1. The van der Waals surface area contributed by atoms with Crippen molar-refractivity contribution in [1.29, 1.82) is 0 Å². The second kappa shape index (κ2) is 7.56. The number of amides is 1. The third kappa shape index (κ3) is 3.46. The van der Waals surface area contributed by atoms with Crippen LogP contribution in [0.25, 0.3) is 5.70 Å². The Hall–Kier alpha value is -3.61. The predicted molar refractivity (Wildman–Crippen MR) is 108 cm³/mol. The second-order valence-electron chi connectivity index (χ2n) is 6.39. The number of nitrogens with zero attached hydrogens (tertiary/aromatic N) is 3. The van der Waals surface area contributed by atoms with Gasteiger partial charge in [0, 0.05) is 12.1 Å². The smallest absolute Gasteiger partial charge is 0.250 e. The Bertz CT molecular complexity index is 1010. The van der Waals surface area contributed by atoms with Crippen molar-refractivity contribution in [1.82, 2.24) is 14.8 Å². The van der Waals surface area contributed by atoms with Crippen molar-refractivity contribution in [3.8, 4) is 5.75 Å². The molecule has 2 heterocycles. The average Bonchev–Trinajstić information content (AvgIpc) is 3.16. The highest BCUT2D eigenvalue weighted by atomic mass is 16.5. The van der Waals surface area contributed by atoms with Crippen LogP contribution in [-0.4, -0.2) is 27.8 Å². The highest BCUT2D eigenvalue weighted by Crippen LogP contribution is 2.33. The van der Waals surface area contributed by atoms with Gasteiger partial charge in [0.25, 0.3) is 5.95 Å². The Balaban J connectivity index is 1.76. The molecule has 1 amide bonds. The number of anilines is 2. The van der Waals surface area contributed by atoms with Crippen LogP contribution in [0.1, 0.15) is 30.5 Å². The molecule has 0 radical (unpaired) electrons. The summed E-state index contributed by atoms with van der Waals surface area (Å²) >= 11 is 0. The van der Waals surface area contributed by atoms with E-state index in [9.17, 15) is 4.79 Å². The number of carbonyl (C=O) groups excluding carboxylic acids is 1. The zero-order valence-electron chi connectivity index (χ0n) is 15.7. The number of carbonyl (C=O) groups is 1. The summed E-state index contributed by atoms with van der Waals surface area (Å²) in [7, 11) is 1.64. The molecule has 0 bridgehead atoms. The highest BCUT2D eigenvalue weighted by Gasteiger charge is 2.25. The van der Waals surface area contributed by atoms with Gasteiger partial charge < -0.3 is 10.1 Å². The fourth-order valence-corrected chi connectivity index (χ4v) is 3.08. The van der Waals surface area contributed by atoms with Crippen LogP contribution in [0.5, 0.6) is 5.75 Å². The Kier molecular flexibility index (Phi) is 4.80. The van der Waals surface area contributed by atoms with E-state index >= 15 is 0 Å². The van der Waals surface area contributed by atoms with E-state index in [1.54, 1.807) is 18.7 Å². The van der Waals surface area contributed by atoms with Gasteiger partial charge in [-0.1, -0.05) is 49.4 Å². The Morgan fingerprint density at radius 1 is 1.18 bits per heavy atom. The SMILES string of the molecule is CCC(=O)Nc1nc2n(n1)[C@@H](c1ccc(OC)cc1)C=C(c1ccccc1)N2. The third-order valence-corrected chi connectivity index (χ3v) is 4.58. The summed E-state index contributed by atoms with van der Waals surface area (Å²) in [5.74, 6) is 1.53. The zero-order valence-corrected chi connectivity index (χ0v) is 15.7. The van der Waals surface area contributed by atoms with Crippen molar-refractivity contribution >= 4 is 23.5 Å². The molecule has 28 heavy (non-hydrogen) atoms. The average molecular weight is 375 g/mol. The van der Waals surface area contributed by atoms with Crippen LogP contribution in [0.4, 0.5) is 11.9 Å². The van der Waals surface area contributed by atoms with Crippen LogP contribution in [-0.2, 0) is 4.79 Å². The molecule has 142 valence electrons. The third-order valence-electron chi connectivity index (χ3n) is 4.58. The van der Waals surface area contributed by atoms with E-state index in [-0.39, 0.29) is 17.9 Å². The van der Waals surface area contributed by atoms with Gasteiger partial charge in [-0.15, -0.1) is 5.10 Å². The minimum atomic E-state index is -0.169. The van der Waals surface area contributed by atoms with Gasteiger partial charge in [-0.25, -0.2) is 4.68 Å². The van der Waals surface area contributed by atoms with Gasteiger partial charge in [-0.05, 0) is 29.3 Å². The minimum Gasteiger partial charge on any atom is -0.497 e. The number of hydrogen-bond acceptors (Lipinski definition) is 5. The van der Waals surface area contributed by atoms with Crippen molar-refractivity contribution < 1.29 is 9.53 Å². The summed E-state index contributed by atoms with van der Waals surface area (Å²) in [6.45, 7) is 1.79. The van der Waals surface area contributed by atoms with Crippen molar-refractivity contribution in [2.75, 3.05) is 17.7 Å². The van der Waals surface area contributed by atoms with Crippen molar-refractivity contribution in [3.05, 3.63) is 71.8 Å². The molecule has 7 nitrogen and oxygen atoms in total. The molecule has 2 N–H and O–H groups in total. The highest BCUT2D eigenvalue weighted by molar-refractivity contribution is 5.89. The second-order valence-corrected chi connectivity index (χ2v) is 6.39. The van der Waals surface area contributed by atoms with Crippen LogP contribution in [0, 0.1) is 0 Å². The lowest BCUT2D eigenvalue weighted by Crippen LogP contribution is -2.20. The molecular formula is C21H21N5O2. The largest absolute Gasteiger partial charge is 0.497 e. The summed E-state index contributed by atoms with van der Waals surface area (Å²) in [5.41, 5.74) is 3.03. The van der Waals surface area contributed by atoms with Gasteiger partial charge in [0.15, 0.2) is 0 Å². The van der Waals surface area contributed by atoms with Gasteiger partial charge in [-0.2, -0.15) is 4.98 Å². The van der Waals surface area contributed by atoms with Gasteiger partial charge >= 0.3 is 0 Å². The zero-order chi connectivity index (χ0) is 19.5. The quantitative estimate of drug-likeness (QED) is 0.711. The first-order chi connectivity index (χ1) is 13.7. The van der Waals surface area contributed by atoms with Crippen molar-refractivity contribution in [2.24, 2.45) is 0 Å². The van der Waals surface area contributed by atoms with Crippen LogP contribution in [0.2, 0.25) is 0 Å². The number of nitrogens with one attached hydrogen (secondary N) is 2. The molecule has 1 atom stereocenters. The molecule has 1 aromatic heterocycles. The maximum atomic E-state index is 11.8. The summed E-state index contributed by atoms with van der Waals surface area (Å²) < 4.78 is 7.04. The molecule has 0 unspecified atom stereocenters. The molecule has 1 aliphatic rings. The molecule has 7 heteroatoms. The van der Waals surface area contributed by atoms with Crippen LogP contribution in [0.3, 0.4) is 0 Å².